The van der Waals surface area contributed by atoms with Crippen molar-refractivity contribution >= 4 is 23.9 Å². The van der Waals surface area contributed by atoms with Crippen molar-refractivity contribution in [3.63, 3.8) is 0 Å². The molecule has 5 rings (SSSR count). The second-order valence-corrected chi connectivity index (χ2v) is 13.4. The van der Waals surface area contributed by atoms with Gasteiger partial charge in [0.2, 0.25) is 11.8 Å². The molecule has 2 aromatic rings. The van der Waals surface area contributed by atoms with Crippen molar-refractivity contribution in [3.8, 4) is 11.5 Å². The number of carbonyl (C=O) groups excluding carboxylic acids is 3. The number of amides is 3. The third kappa shape index (κ3) is 7.67. The summed E-state index contributed by atoms with van der Waals surface area (Å²) in [6.07, 6.45) is 7.11. The van der Waals surface area contributed by atoms with Gasteiger partial charge >= 0.3 is 12.1 Å². The predicted octanol–water partition coefficient (Wildman–Crippen LogP) is 5.41. The summed E-state index contributed by atoms with van der Waals surface area (Å²) in [4.78, 5) is 54.9. The summed E-state index contributed by atoms with van der Waals surface area (Å²) < 4.78 is 11.6. The first-order chi connectivity index (χ1) is 21.3. The molecule has 1 unspecified atom stereocenters. The van der Waals surface area contributed by atoms with Crippen LogP contribution < -0.4 is 15.4 Å². The lowest BCUT2D eigenvalue weighted by Crippen LogP contribution is -2.60. The molecule has 3 aliphatic rings. The van der Waals surface area contributed by atoms with Crippen molar-refractivity contribution in [2.75, 3.05) is 0 Å². The Morgan fingerprint density at radius 2 is 1.82 bits per heavy atom. The van der Waals surface area contributed by atoms with Crippen LogP contribution in [-0.4, -0.2) is 57.1 Å². The fourth-order valence-electron chi connectivity index (χ4n) is 6.12. The van der Waals surface area contributed by atoms with E-state index in [4.69, 9.17) is 9.47 Å². The van der Waals surface area contributed by atoms with Crippen molar-refractivity contribution in [1.29, 1.82) is 0 Å². The van der Waals surface area contributed by atoms with Crippen LogP contribution in [0.2, 0.25) is 0 Å². The number of hydrogen-bond acceptors (Lipinski definition) is 6. The van der Waals surface area contributed by atoms with E-state index in [0.29, 0.717) is 30.8 Å². The van der Waals surface area contributed by atoms with Crippen molar-refractivity contribution < 1.29 is 33.8 Å². The Kier molecular flexibility index (Phi) is 9.23. The minimum Gasteiger partial charge on any atom is -0.479 e. The second-order valence-electron chi connectivity index (χ2n) is 13.4. The van der Waals surface area contributed by atoms with E-state index in [1.165, 1.54) is 4.90 Å². The number of carboxylic acids is 1. The van der Waals surface area contributed by atoms with Gasteiger partial charge in [0, 0.05) is 18.9 Å². The van der Waals surface area contributed by atoms with Crippen LogP contribution in [0, 0.1) is 12.8 Å². The molecule has 0 saturated heterocycles. The SMILES string of the molecule is Cc1cccc(Oc2ccc3c(c2)CC2C(=O)N[C@]4(C(=O)O)C[C@H]4/C=C\CCCCC[C@H](NC(=O)OC(C)(C)C)C(=O)N2C3)c1. The number of alkyl carbamates (subject to hydrolysis) is 1. The number of hydrogen-bond donors (Lipinski definition) is 3. The molecule has 0 bridgehead atoms. The molecule has 2 aliphatic heterocycles. The van der Waals surface area contributed by atoms with E-state index in [1.54, 1.807) is 20.8 Å². The molecule has 3 N–H and O–H groups in total. The molecule has 1 saturated carbocycles. The lowest BCUT2D eigenvalue weighted by Gasteiger charge is -2.38. The Bertz CT molecular complexity index is 1500. The van der Waals surface area contributed by atoms with Crippen molar-refractivity contribution in [2.45, 2.75) is 102 Å². The number of rotatable bonds is 4. The van der Waals surface area contributed by atoms with Crippen LogP contribution >= 0.6 is 0 Å². The summed E-state index contributed by atoms with van der Waals surface area (Å²) in [5.74, 6) is -1.08. The molecule has 2 aromatic carbocycles. The van der Waals surface area contributed by atoms with Gasteiger partial charge in [0.1, 0.15) is 34.7 Å². The molecule has 45 heavy (non-hydrogen) atoms. The number of benzene rings is 2. The Morgan fingerprint density at radius 1 is 1.04 bits per heavy atom. The summed E-state index contributed by atoms with van der Waals surface area (Å²) in [6, 6.07) is 11.4. The Morgan fingerprint density at radius 3 is 2.56 bits per heavy atom. The van der Waals surface area contributed by atoms with Gasteiger partial charge < -0.3 is 30.1 Å². The summed E-state index contributed by atoms with van der Waals surface area (Å²) in [5.41, 5.74) is 0.568. The van der Waals surface area contributed by atoms with Crippen LogP contribution in [0.3, 0.4) is 0 Å². The van der Waals surface area contributed by atoms with Gasteiger partial charge in [0.25, 0.3) is 0 Å². The van der Waals surface area contributed by atoms with E-state index < -0.39 is 47.1 Å². The molecule has 10 nitrogen and oxygen atoms in total. The van der Waals surface area contributed by atoms with Crippen molar-refractivity contribution in [1.82, 2.24) is 15.5 Å². The van der Waals surface area contributed by atoms with Crippen LogP contribution in [0.5, 0.6) is 11.5 Å². The average molecular weight is 618 g/mol. The number of nitrogens with one attached hydrogen (secondary N) is 2. The smallest absolute Gasteiger partial charge is 0.408 e. The molecule has 2 heterocycles. The van der Waals surface area contributed by atoms with Crippen LogP contribution in [0.25, 0.3) is 0 Å². The average Bonchev–Trinajstić information content (AvgIpc) is 3.67. The lowest BCUT2D eigenvalue weighted by atomic mass is 9.91. The normalized spacial score (nSPS) is 26.0. The second kappa shape index (κ2) is 12.9. The summed E-state index contributed by atoms with van der Waals surface area (Å²) >= 11 is 0. The highest BCUT2D eigenvalue weighted by molar-refractivity contribution is 5.96. The minimum absolute atomic E-state index is 0.118. The minimum atomic E-state index is -1.41. The maximum absolute atomic E-state index is 14.2. The van der Waals surface area contributed by atoms with E-state index >= 15 is 0 Å². The quantitative estimate of drug-likeness (QED) is 0.391. The van der Waals surface area contributed by atoms with Gasteiger partial charge in [0.15, 0.2) is 0 Å². The van der Waals surface area contributed by atoms with Crippen molar-refractivity contribution in [2.24, 2.45) is 5.92 Å². The summed E-state index contributed by atoms with van der Waals surface area (Å²) in [7, 11) is 0. The van der Waals surface area contributed by atoms with Gasteiger partial charge in [-0.1, -0.05) is 43.2 Å². The van der Waals surface area contributed by atoms with Gasteiger partial charge in [-0.15, -0.1) is 0 Å². The maximum atomic E-state index is 14.2. The van der Waals surface area contributed by atoms with Gasteiger partial charge in [-0.05, 0) is 94.3 Å². The van der Waals surface area contributed by atoms with Gasteiger partial charge in [-0.25, -0.2) is 9.59 Å². The molecule has 4 atom stereocenters. The molecule has 1 fully saturated rings. The molecular weight excluding hydrogens is 574 g/mol. The van der Waals surface area contributed by atoms with Crippen molar-refractivity contribution in [3.05, 3.63) is 71.3 Å². The number of nitrogens with zero attached hydrogens (tertiary/aromatic N) is 1. The Labute approximate surface area is 264 Å². The zero-order chi connectivity index (χ0) is 32.4. The number of ether oxygens (including phenoxy) is 2. The number of carboxylic acid groups (broad SMARTS) is 1. The molecule has 0 aromatic heterocycles. The maximum Gasteiger partial charge on any atom is 0.408 e. The molecule has 0 spiro atoms. The Hall–Kier alpha value is -4.34. The fourth-order valence-corrected chi connectivity index (χ4v) is 6.12. The third-order valence-corrected chi connectivity index (χ3v) is 8.58. The summed E-state index contributed by atoms with van der Waals surface area (Å²) in [5, 5.41) is 15.7. The summed E-state index contributed by atoms with van der Waals surface area (Å²) in [6.45, 7) is 7.35. The molecule has 3 amide bonds. The number of aliphatic carboxylic acids is 1. The van der Waals surface area contributed by atoms with E-state index in [9.17, 15) is 24.3 Å². The number of carbonyl (C=O) groups is 4. The van der Waals surface area contributed by atoms with Crippen LogP contribution in [0.15, 0.2) is 54.6 Å². The van der Waals surface area contributed by atoms with Crippen LogP contribution in [0.1, 0.15) is 76.0 Å². The number of aryl methyl sites for hydroxylation is 1. The Balaban J connectivity index is 1.47. The highest BCUT2D eigenvalue weighted by Gasteiger charge is 2.61. The largest absolute Gasteiger partial charge is 0.479 e. The molecule has 0 radical (unpaired) electrons. The monoisotopic (exact) mass is 617 g/mol. The van der Waals surface area contributed by atoms with Gasteiger partial charge in [0.05, 0.1) is 0 Å². The zero-order valence-corrected chi connectivity index (χ0v) is 26.4. The van der Waals surface area contributed by atoms with Gasteiger partial charge in [-0.2, -0.15) is 0 Å². The number of allylic oxidation sites excluding steroid dienone is 1. The predicted molar refractivity (Wildman–Crippen MR) is 168 cm³/mol. The van der Waals surface area contributed by atoms with E-state index in [2.05, 4.69) is 10.6 Å². The highest BCUT2D eigenvalue weighted by Crippen LogP contribution is 2.45. The first-order valence-corrected chi connectivity index (χ1v) is 15.7. The fraction of sp³-hybridized carbons (Fsp3) is 0.486. The standard InChI is InChI=1S/C35H43N3O7/c1-22-11-10-13-26(17-22)44-27-16-15-23-21-38-29(19-24(23)18-27)30(39)37-35(32(41)42)20-25(35)12-8-6-5-7-9-14-28(31(38)40)36-33(43)45-34(2,3)4/h8,10-13,15-18,25,28-29H,5-7,9,14,19-21H2,1-4H3,(H,36,43)(H,37,39)(H,41,42)/b12-8-/t25-,28+,29?,35-/m1/s1. The number of fused-ring (bicyclic) bond motifs is 3. The van der Waals surface area contributed by atoms with E-state index in [1.807, 2.05) is 61.5 Å². The first kappa shape index (κ1) is 32.1. The third-order valence-electron chi connectivity index (χ3n) is 8.58. The van der Waals surface area contributed by atoms with Gasteiger partial charge in [-0.3, -0.25) is 9.59 Å². The molecule has 1 aliphatic carbocycles. The van der Waals surface area contributed by atoms with E-state index in [-0.39, 0.29) is 18.9 Å². The molecule has 240 valence electrons. The molecule has 10 heteroatoms. The first-order valence-electron chi connectivity index (χ1n) is 15.7. The van der Waals surface area contributed by atoms with E-state index in [0.717, 1.165) is 36.0 Å². The lowest BCUT2D eigenvalue weighted by molar-refractivity contribution is -0.147. The topological polar surface area (TPSA) is 134 Å². The van der Waals surface area contributed by atoms with Crippen LogP contribution in [-0.2, 0) is 32.1 Å². The highest BCUT2D eigenvalue weighted by atomic mass is 16.6. The zero-order valence-electron chi connectivity index (χ0n) is 26.4. The molecular formula is C35H43N3O7. The van der Waals surface area contributed by atoms with Crippen LogP contribution in [0.4, 0.5) is 4.79 Å².